The molecular weight excluding hydrogens is 150 g/mol. The standard InChI is InChI=1S/C10H19NO/c1-10(9-12)8-11-6-4-2-3-5-7-11/h9-10H,2-8H2,1H3. The molecule has 70 valence electrons. The molecule has 0 aromatic heterocycles. The van der Waals surface area contributed by atoms with Crippen LogP contribution in [0.15, 0.2) is 0 Å². The molecule has 12 heavy (non-hydrogen) atoms. The summed E-state index contributed by atoms with van der Waals surface area (Å²) in [6.45, 7) is 5.34. The number of aldehydes is 1. The predicted octanol–water partition coefficient (Wildman–Crippen LogP) is 1.70. The van der Waals surface area contributed by atoms with Crippen LogP contribution in [0.4, 0.5) is 0 Å². The van der Waals surface area contributed by atoms with Gasteiger partial charge in [-0.1, -0.05) is 19.8 Å². The Morgan fingerprint density at radius 3 is 2.33 bits per heavy atom. The number of rotatable bonds is 3. The van der Waals surface area contributed by atoms with Crippen LogP contribution in [0.5, 0.6) is 0 Å². The minimum atomic E-state index is 0.211. The Balaban J connectivity index is 2.24. The van der Waals surface area contributed by atoms with E-state index in [0.29, 0.717) is 0 Å². The second-order valence-electron chi connectivity index (χ2n) is 3.83. The Morgan fingerprint density at radius 1 is 1.25 bits per heavy atom. The van der Waals surface area contributed by atoms with E-state index in [-0.39, 0.29) is 5.92 Å². The molecule has 0 amide bonds. The summed E-state index contributed by atoms with van der Waals surface area (Å²) < 4.78 is 0. The molecule has 1 aliphatic rings. The van der Waals surface area contributed by atoms with Gasteiger partial charge >= 0.3 is 0 Å². The maximum atomic E-state index is 10.4. The van der Waals surface area contributed by atoms with E-state index in [1.54, 1.807) is 0 Å². The molecule has 1 rings (SSSR count). The normalized spacial score (nSPS) is 23.1. The fourth-order valence-electron chi connectivity index (χ4n) is 1.77. The van der Waals surface area contributed by atoms with Gasteiger partial charge in [-0.3, -0.25) is 0 Å². The molecule has 0 bridgehead atoms. The van der Waals surface area contributed by atoms with E-state index < -0.39 is 0 Å². The lowest BCUT2D eigenvalue weighted by Crippen LogP contribution is -2.29. The van der Waals surface area contributed by atoms with Crippen molar-refractivity contribution in [2.45, 2.75) is 32.6 Å². The molecule has 1 aliphatic heterocycles. The van der Waals surface area contributed by atoms with Crippen molar-refractivity contribution in [1.29, 1.82) is 0 Å². The Kier molecular flexibility index (Phi) is 4.30. The summed E-state index contributed by atoms with van der Waals surface area (Å²) in [4.78, 5) is 12.9. The average molecular weight is 169 g/mol. The zero-order chi connectivity index (χ0) is 8.81. The van der Waals surface area contributed by atoms with Gasteiger partial charge < -0.3 is 9.69 Å². The van der Waals surface area contributed by atoms with Crippen LogP contribution in [0.3, 0.4) is 0 Å². The zero-order valence-electron chi connectivity index (χ0n) is 7.96. The van der Waals surface area contributed by atoms with Gasteiger partial charge in [0.15, 0.2) is 0 Å². The van der Waals surface area contributed by atoms with Crippen LogP contribution < -0.4 is 0 Å². The van der Waals surface area contributed by atoms with Gasteiger partial charge in [0.05, 0.1) is 0 Å². The molecule has 0 radical (unpaired) electrons. The molecule has 0 N–H and O–H groups in total. The van der Waals surface area contributed by atoms with E-state index in [0.717, 1.165) is 12.8 Å². The average Bonchev–Trinajstić information content (AvgIpc) is 2.33. The quantitative estimate of drug-likeness (QED) is 0.599. The number of nitrogens with zero attached hydrogens (tertiary/aromatic N) is 1. The second kappa shape index (κ2) is 5.31. The third kappa shape index (κ3) is 3.35. The lowest BCUT2D eigenvalue weighted by Gasteiger charge is -2.20. The first kappa shape index (κ1) is 9.72. The number of likely N-dealkylation sites (tertiary alicyclic amines) is 1. The van der Waals surface area contributed by atoms with Gasteiger partial charge in [0, 0.05) is 12.5 Å². The highest BCUT2D eigenvalue weighted by Crippen LogP contribution is 2.10. The van der Waals surface area contributed by atoms with Crippen LogP contribution in [-0.4, -0.2) is 30.8 Å². The first-order valence-electron chi connectivity index (χ1n) is 5.00. The Bertz CT molecular complexity index is 128. The number of hydrogen-bond donors (Lipinski definition) is 0. The van der Waals surface area contributed by atoms with Crippen LogP contribution >= 0.6 is 0 Å². The van der Waals surface area contributed by atoms with E-state index in [1.165, 1.54) is 38.8 Å². The molecule has 0 aromatic carbocycles. The molecule has 1 fully saturated rings. The molecule has 2 heteroatoms. The summed E-state index contributed by atoms with van der Waals surface area (Å²) in [5, 5.41) is 0. The topological polar surface area (TPSA) is 20.3 Å². The van der Waals surface area contributed by atoms with Crippen molar-refractivity contribution in [3.63, 3.8) is 0 Å². The lowest BCUT2D eigenvalue weighted by atomic mass is 10.2. The van der Waals surface area contributed by atoms with Gasteiger partial charge in [-0.2, -0.15) is 0 Å². The Hall–Kier alpha value is -0.370. The van der Waals surface area contributed by atoms with Crippen molar-refractivity contribution in [2.24, 2.45) is 5.92 Å². The summed E-state index contributed by atoms with van der Waals surface area (Å²) in [6.07, 6.45) is 6.42. The summed E-state index contributed by atoms with van der Waals surface area (Å²) >= 11 is 0. The highest BCUT2D eigenvalue weighted by Gasteiger charge is 2.11. The van der Waals surface area contributed by atoms with E-state index in [2.05, 4.69) is 4.90 Å². The third-order valence-corrected chi connectivity index (χ3v) is 2.48. The number of carbonyl (C=O) groups is 1. The first-order chi connectivity index (χ1) is 5.83. The molecule has 2 nitrogen and oxygen atoms in total. The molecule has 1 heterocycles. The summed E-state index contributed by atoms with van der Waals surface area (Å²) in [6, 6.07) is 0. The van der Waals surface area contributed by atoms with Crippen molar-refractivity contribution in [2.75, 3.05) is 19.6 Å². The molecule has 0 aromatic rings. The molecular formula is C10H19NO. The van der Waals surface area contributed by atoms with Crippen molar-refractivity contribution >= 4 is 6.29 Å². The monoisotopic (exact) mass is 169 g/mol. The smallest absolute Gasteiger partial charge is 0.124 e. The molecule has 0 spiro atoms. The number of carbonyl (C=O) groups excluding carboxylic acids is 1. The van der Waals surface area contributed by atoms with Crippen LogP contribution in [0.2, 0.25) is 0 Å². The molecule has 1 unspecified atom stereocenters. The summed E-state index contributed by atoms with van der Waals surface area (Å²) in [5.41, 5.74) is 0. The van der Waals surface area contributed by atoms with Crippen LogP contribution in [0.1, 0.15) is 32.6 Å². The van der Waals surface area contributed by atoms with E-state index in [9.17, 15) is 4.79 Å². The first-order valence-corrected chi connectivity index (χ1v) is 5.00. The molecule has 0 aliphatic carbocycles. The van der Waals surface area contributed by atoms with E-state index in [1.807, 2.05) is 6.92 Å². The highest BCUT2D eigenvalue weighted by atomic mass is 16.1. The fourth-order valence-corrected chi connectivity index (χ4v) is 1.77. The maximum absolute atomic E-state index is 10.4. The van der Waals surface area contributed by atoms with Gasteiger partial charge in [-0.15, -0.1) is 0 Å². The SMILES string of the molecule is CC(C=O)CN1CCCCCC1. The number of hydrogen-bond acceptors (Lipinski definition) is 2. The molecule has 0 saturated carbocycles. The van der Waals surface area contributed by atoms with Gasteiger partial charge in [0.1, 0.15) is 6.29 Å². The van der Waals surface area contributed by atoms with Crippen molar-refractivity contribution in [3.05, 3.63) is 0 Å². The van der Waals surface area contributed by atoms with Crippen LogP contribution in [0.25, 0.3) is 0 Å². The Labute approximate surface area is 74.9 Å². The van der Waals surface area contributed by atoms with Gasteiger partial charge in [-0.05, 0) is 25.9 Å². The van der Waals surface area contributed by atoms with Gasteiger partial charge in [0.2, 0.25) is 0 Å². The highest BCUT2D eigenvalue weighted by molar-refractivity contribution is 5.52. The van der Waals surface area contributed by atoms with Gasteiger partial charge in [0.25, 0.3) is 0 Å². The lowest BCUT2D eigenvalue weighted by molar-refractivity contribution is -0.111. The molecule has 1 saturated heterocycles. The van der Waals surface area contributed by atoms with E-state index in [4.69, 9.17) is 0 Å². The van der Waals surface area contributed by atoms with Gasteiger partial charge in [-0.25, -0.2) is 0 Å². The predicted molar refractivity (Wildman–Crippen MR) is 50.1 cm³/mol. The van der Waals surface area contributed by atoms with Crippen LogP contribution in [0, 0.1) is 5.92 Å². The summed E-state index contributed by atoms with van der Waals surface area (Å²) in [7, 11) is 0. The zero-order valence-corrected chi connectivity index (χ0v) is 7.96. The fraction of sp³-hybridized carbons (Fsp3) is 0.900. The largest absolute Gasteiger partial charge is 0.303 e. The van der Waals surface area contributed by atoms with Crippen molar-refractivity contribution < 1.29 is 4.79 Å². The van der Waals surface area contributed by atoms with E-state index >= 15 is 0 Å². The minimum Gasteiger partial charge on any atom is -0.303 e. The second-order valence-corrected chi connectivity index (χ2v) is 3.83. The van der Waals surface area contributed by atoms with Crippen molar-refractivity contribution in [3.8, 4) is 0 Å². The van der Waals surface area contributed by atoms with Crippen molar-refractivity contribution in [1.82, 2.24) is 4.90 Å². The minimum absolute atomic E-state index is 0.211. The summed E-state index contributed by atoms with van der Waals surface area (Å²) in [5.74, 6) is 0.211. The Morgan fingerprint density at radius 2 is 1.83 bits per heavy atom. The molecule has 1 atom stereocenters. The van der Waals surface area contributed by atoms with Crippen LogP contribution in [-0.2, 0) is 4.79 Å². The third-order valence-electron chi connectivity index (χ3n) is 2.48. The maximum Gasteiger partial charge on any atom is 0.124 e.